The number of ether oxygens (including phenoxy) is 1. The van der Waals surface area contributed by atoms with Crippen molar-refractivity contribution in [2.75, 3.05) is 0 Å². The lowest BCUT2D eigenvalue weighted by Crippen LogP contribution is -2.24. The van der Waals surface area contributed by atoms with Crippen molar-refractivity contribution in [3.8, 4) is 22.6 Å². The van der Waals surface area contributed by atoms with Crippen LogP contribution in [0.2, 0.25) is 5.02 Å². The molecule has 0 atom stereocenters. The fraction of sp³-hybridized carbons (Fsp3) is 0.158. The van der Waals surface area contributed by atoms with Gasteiger partial charge in [0.2, 0.25) is 0 Å². The normalized spacial score (nSPS) is 10.9. The number of aromatic nitrogens is 1. The first-order valence-electron chi connectivity index (χ1n) is 8.27. The fourth-order valence-electron chi connectivity index (χ4n) is 2.60. The Kier molecular flexibility index (Phi) is 5.60. The number of carboxylic acids is 1. The summed E-state index contributed by atoms with van der Waals surface area (Å²) in [5, 5.41) is 21.5. The quantitative estimate of drug-likeness (QED) is 0.370. The van der Waals surface area contributed by atoms with E-state index >= 15 is 0 Å². The number of carbonyl (C=O) groups is 1. The van der Waals surface area contributed by atoms with Crippen LogP contribution in [0.25, 0.3) is 11.1 Å². The molecule has 0 saturated carbocycles. The molecule has 1 aromatic heterocycles. The van der Waals surface area contributed by atoms with Crippen molar-refractivity contribution >= 4 is 23.3 Å². The van der Waals surface area contributed by atoms with E-state index in [-0.39, 0.29) is 12.1 Å². The number of oxazole rings is 1. The highest BCUT2D eigenvalue weighted by atomic mass is 35.5. The van der Waals surface area contributed by atoms with Crippen LogP contribution >= 0.6 is 11.6 Å². The second kappa shape index (κ2) is 8.10. The monoisotopic (exact) mass is 401 g/mol. The average Bonchev–Trinajstić information content (AvgIpc) is 3.08. The van der Waals surface area contributed by atoms with Crippen molar-refractivity contribution < 1.29 is 24.0 Å². The Morgan fingerprint density at radius 3 is 2.57 bits per heavy atom. The number of benzene rings is 2. The third-order valence-electron chi connectivity index (χ3n) is 3.85. The molecular weight excluding hydrogens is 388 g/mol. The molecule has 8 nitrogen and oxygen atoms in total. The van der Waals surface area contributed by atoms with Crippen LogP contribution < -0.4 is 9.84 Å². The van der Waals surface area contributed by atoms with Crippen molar-refractivity contribution in [1.29, 1.82) is 0 Å². The van der Waals surface area contributed by atoms with Gasteiger partial charge in [0.25, 0.3) is 5.69 Å². The number of hydrogen-bond acceptors (Lipinski definition) is 7. The van der Waals surface area contributed by atoms with Gasteiger partial charge in [-0.15, -0.1) is 0 Å². The SMILES string of the molecule is CCc1nc(CC(=O)[O-])co1.O=[N+]([O-])c1cc2cc(c1-c1ccccc1Cl)O2. The summed E-state index contributed by atoms with van der Waals surface area (Å²) in [5.41, 5.74) is 1.50. The van der Waals surface area contributed by atoms with Crippen molar-refractivity contribution in [2.24, 2.45) is 0 Å². The van der Waals surface area contributed by atoms with Gasteiger partial charge in [-0.2, -0.15) is 0 Å². The number of nitrogens with zero attached hydrogens (tertiary/aromatic N) is 2. The van der Waals surface area contributed by atoms with Gasteiger partial charge in [-0.3, -0.25) is 10.1 Å². The lowest BCUT2D eigenvalue weighted by Gasteiger charge is -2.20. The van der Waals surface area contributed by atoms with Crippen molar-refractivity contribution in [3.05, 3.63) is 69.4 Å². The largest absolute Gasteiger partial charge is 0.550 e. The highest BCUT2D eigenvalue weighted by molar-refractivity contribution is 6.33. The number of nitro groups is 1. The molecule has 0 spiro atoms. The molecule has 28 heavy (non-hydrogen) atoms. The lowest BCUT2D eigenvalue weighted by atomic mass is 10.00. The second-order valence-corrected chi connectivity index (χ2v) is 6.20. The van der Waals surface area contributed by atoms with Gasteiger partial charge in [0.1, 0.15) is 23.3 Å². The molecule has 0 fully saturated rings. The van der Waals surface area contributed by atoms with Crippen molar-refractivity contribution in [1.82, 2.24) is 4.98 Å². The molecule has 9 heteroatoms. The Hall–Kier alpha value is -3.39. The highest BCUT2D eigenvalue weighted by Gasteiger charge is 2.29. The van der Waals surface area contributed by atoms with Gasteiger partial charge in [0.05, 0.1) is 16.7 Å². The molecule has 0 radical (unpaired) electrons. The Morgan fingerprint density at radius 2 is 2.00 bits per heavy atom. The third-order valence-corrected chi connectivity index (χ3v) is 4.18. The molecule has 2 aromatic carbocycles. The first-order valence-corrected chi connectivity index (χ1v) is 8.65. The van der Waals surface area contributed by atoms with Gasteiger partial charge in [-0.1, -0.05) is 36.7 Å². The molecule has 0 N–H and O–H groups in total. The zero-order valence-electron chi connectivity index (χ0n) is 14.7. The topological polar surface area (TPSA) is 119 Å². The van der Waals surface area contributed by atoms with Gasteiger partial charge in [-0.05, 0) is 6.07 Å². The fourth-order valence-corrected chi connectivity index (χ4v) is 2.83. The number of aryl methyl sites for hydroxylation is 1. The second-order valence-electron chi connectivity index (χ2n) is 5.79. The van der Waals surface area contributed by atoms with E-state index in [1.54, 1.807) is 30.3 Å². The lowest BCUT2D eigenvalue weighted by molar-refractivity contribution is -0.384. The summed E-state index contributed by atoms with van der Waals surface area (Å²) in [6.45, 7) is 1.88. The molecule has 2 aliphatic heterocycles. The minimum atomic E-state index is -1.14. The molecule has 144 valence electrons. The maximum absolute atomic E-state index is 11.0. The van der Waals surface area contributed by atoms with Crippen LogP contribution in [0.4, 0.5) is 5.69 Å². The minimum Gasteiger partial charge on any atom is -0.550 e. The first kappa shape index (κ1) is 19.4. The molecule has 3 aromatic rings. The summed E-state index contributed by atoms with van der Waals surface area (Å²) in [5.74, 6) is 0.437. The molecule has 2 bridgehead atoms. The van der Waals surface area contributed by atoms with Crippen LogP contribution in [-0.2, 0) is 17.6 Å². The van der Waals surface area contributed by atoms with Crippen LogP contribution in [0.15, 0.2) is 47.1 Å². The number of carbonyl (C=O) groups excluding carboxylic acids is 1. The molecule has 5 rings (SSSR count). The summed E-state index contributed by atoms with van der Waals surface area (Å²) >= 11 is 6.05. The predicted octanol–water partition coefficient (Wildman–Crippen LogP) is 3.55. The highest BCUT2D eigenvalue weighted by Crippen LogP contribution is 2.50. The third kappa shape index (κ3) is 4.12. The first-order chi connectivity index (χ1) is 13.4. The minimum absolute atomic E-state index is 0.0249. The van der Waals surface area contributed by atoms with Gasteiger partial charge < -0.3 is 19.1 Å². The Bertz CT molecular complexity index is 1050. The summed E-state index contributed by atoms with van der Waals surface area (Å²) in [7, 11) is 0. The summed E-state index contributed by atoms with van der Waals surface area (Å²) < 4.78 is 10.2. The number of nitro benzene ring substituents is 1. The van der Waals surface area contributed by atoms with E-state index in [4.69, 9.17) is 20.8 Å². The summed E-state index contributed by atoms with van der Waals surface area (Å²) in [4.78, 5) is 24.5. The van der Waals surface area contributed by atoms with E-state index in [1.165, 1.54) is 12.3 Å². The van der Waals surface area contributed by atoms with E-state index in [1.807, 2.05) is 6.92 Å². The van der Waals surface area contributed by atoms with Crippen LogP contribution in [-0.4, -0.2) is 15.9 Å². The van der Waals surface area contributed by atoms with E-state index < -0.39 is 10.9 Å². The number of aliphatic carboxylic acids is 1. The van der Waals surface area contributed by atoms with E-state index in [0.29, 0.717) is 45.7 Å². The van der Waals surface area contributed by atoms with Crippen LogP contribution in [0.1, 0.15) is 18.5 Å². The number of carboxylic acid groups (broad SMARTS) is 1. The van der Waals surface area contributed by atoms with Gasteiger partial charge in [0.15, 0.2) is 5.89 Å². The molecule has 2 aliphatic rings. The Morgan fingerprint density at radius 1 is 1.29 bits per heavy atom. The molecule has 0 amide bonds. The molecule has 0 aliphatic carbocycles. The zero-order valence-corrected chi connectivity index (χ0v) is 15.4. The number of hydrogen-bond donors (Lipinski definition) is 0. The van der Waals surface area contributed by atoms with Crippen molar-refractivity contribution in [2.45, 2.75) is 19.8 Å². The molecule has 0 unspecified atom stereocenters. The van der Waals surface area contributed by atoms with Crippen LogP contribution in [0.5, 0.6) is 11.5 Å². The Balaban J connectivity index is 0.000000178. The van der Waals surface area contributed by atoms with Gasteiger partial charge in [-0.25, -0.2) is 4.98 Å². The van der Waals surface area contributed by atoms with Gasteiger partial charge in [0, 0.05) is 35.5 Å². The molecular formula is C19H14ClN2O6-. The summed E-state index contributed by atoms with van der Waals surface area (Å²) in [6, 6.07) is 10.2. The number of rotatable bonds is 5. The molecule has 0 saturated heterocycles. The van der Waals surface area contributed by atoms with Crippen molar-refractivity contribution in [3.63, 3.8) is 0 Å². The summed E-state index contributed by atoms with van der Waals surface area (Å²) in [6.07, 6.45) is 1.84. The predicted molar refractivity (Wildman–Crippen MR) is 98.2 cm³/mol. The van der Waals surface area contributed by atoms with E-state index in [0.717, 1.165) is 0 Å². The standard InChI is InChI=1S/C12H6ClNO3.C7H9NO3/c13-9-4-2-1-3-8(9)12-10(14(15)16)5-7-6-11(12)17-7;1-2-6-8-5(4-11-6)3-7(9)10/h1-6H;4H,2-3H2,1H3,(H,9,10)/p-1. The Labute approximate surface area is 164 Å². The van der Waals surface area contributed by atoms with Gasteiger partial charge >= 0.3 is 0 Å². The number of halogens is 1. The number of fused-ring (bicyclic) bond motifs is 2. The van der Waals surface area contributed by atoms with Crippen LogP contribution in [0, 0.1) is 10.1 Å². The average molecular weight is 402 g/mol. The van der Waals surface area contributed by atoms with E-state index in [9.17, 15) is 20.0 Å². The zero-order chi connectivity index (χ0) is 20.3. The maximum atomic E-state index is 11.0. The van der Waals surface area contributed by atoms with Crippen LogP contribution in [0.3, 0.4) is 0 Å². The maximum Gasteiger partial charge on any atom is 0.284 e. The smallest absolute Gasteiger partial charge is 0.284 e. The van der Waals surface area contributed by atoms with E-state index in [2.05, 4.69) is 4.98 Å². The molecule has 3 heterocycles.